The van der Waals surface area contributed by atoms with E-state index in [0.29, 0.717) is 11.8 Å². The van der Waals surface area contributed by atoms with Gasteiger partial charge in [0.1, 0.15) is 11.0 Å². The Bertz CT molecular complexity index is 3200. The van der Waals surface area contributed by atoms with Crippen molar-refractivity contribution in [2.75, 3.05) is 10.0 Å². The van der Waals surface area contributed by atoms with Crippen LogP contribution in [-0.2, 0) is 0 Å². The number of anilines is 2. The van der Waals surface area contributed by atoms with Crippen LogP contribution in [0.5, 0.6) is 0 Å². The van der Waals surface area contributed by atoms with Crippen molar-refractivity contribution in [3.63, 3.8) is 0 Å². The van der Waals surface area contributed by atoms with Gasteiger partial charge in [-0.15, -0.1) is 0 Å². The second-order valence-corrected chi connectivity index (χ2v) is 17.3. The highest BCUT2D eigenvalue weighted by Gasteiger charge is 2.32. The largest absolute Gasteiger partial charge is 0.436 e. The van der Waals surface area contributed by atoms with Crippen molar-refractivity contribution in [2.45, 2.75) is 38.8 Å². The maximum absolute atomic E-state index is 6.10. The van der Waals surface area contributed by atoms with Crippen LogP contribution in [0.3, 0.4) is 0 Å². The van der Waals surface area contributed by atoms with Crippen molar-refractivity contribution in [3.05, 3.63) is 228 Å². The molecule has 66 heavy (non-hydrogen) atoms. The van der Waals surface area contributed by atoms with Gasteiger partial charge in [-0.25, -0.2) is 9.97 Å². The Morgan fingerprint density at radius 2 is 0.758 bits per heavy atom. The van der Waals surface area contributed by atoms with Gasteiger partial charge in [0.15, 0.2) is 11.2 Å². The van der Waals surface area contributed by atoms with E-state index in [2.05, 4.69) is 182 Å². The van der Waals surface area contributed by atoms with E-state index in [4.69, 9.17) is 29.0 Å². The molecule has 0 saturated carbocycles. The second kappa shape index (κ2) is 16.3. The molecule has 8 nitrogen and oxygen atoms in total. The highest BCUT2D eigenvalue weighted by Crippen LogP contribution is 2.40. The fraction of sp³-hybridized carbons (Fsp3) is 0.103. The number of hydrazone groups is 2. The molecule has 0 N–H and O–H groups in total. The van der Waals surface area contributed by atoms with Crippen molar-refractivity contribution >= 4 is 45.0 Å². The topological polar surface area (TPSA) is 83.3 Å². The SMILES string of the molecule is Cc1ccc2oc(-c3ccc(C4=NN(c5ccccc5)C(c5ccc(-c6ccc(C7CC(c8ccc(-c9nc%10cc(C)ccc%10o9)cc8)=NN7c7ccccc7)cc6)cc5)C4)cc3)nc2c1. The van der Waals surface area contributed by atoms with Crippen molar-refractivity contribution in [1.82, 2.24) is 9.97 Å². The van der Waals surface area contributed by atoms with Crippen LogP contribution in [0.15, 0.2) is 213 Å². The minimum absolute atomic E-state index is 0.0433. The summed E-state index contributed by atoms with van der Waals surface area (Å²) in [5.74, 6) is 1.24. The maximum atomic E-state index is 6.10. The molecule has 0 saturated heterocycles. The summed E-state index contributed by atoms with van der Waals surface area (Å²) in [6, 6.07) is 67.9. The van der Waals surface area contributed by atoms with E-state index in [9.17, 15) is 0 Å². The molecule has 0 spiro atoms. The monoisotopic (exact) mass is 856 g/mol. The third kappa shape index (κ3) is 7.42. The maximum Gasteiger partial charge on any atom is 0.227 e. The predicted octanol–water partition coefficient (Wildman–Crippen LogP) is 14.3. The lowest BCUT2D eigenvalue weighted by Crippen LogP contribution is -2.18. The summed E-state index contributed by atoms with van der Waals surface area (Å²) in [4.78, 5) is 9.51. The molecule has 2 aliphatic heterocycles. The number of benzene rings is 8. The van der Waals surface area contributed by atoms with E-state index in [0.717, 1.165) is 102 Å². The van der Waals surface area contributed by atoms with Crippen molar-refractivity contribution in [2.24, 2.45) is 10.2 Å². The van der Waals surface area contributed by atoms with Gasteiger partial charge in [-0.1, -0.05) is 121 Å². The Morgan fingerprint density at radius 3 is 1.15 bits per heavy atom. The first-order valence-electron chi connectivity index (χ1n) is 22.5. The molecule has 2 aliphatic rings. The molecule has 10 aromatic rings. The Balaban J connectivity index is 0.771. The minimum Gasteiger partial charge on any atom is -0.436 e. The standard InChI is InChI=1S/C58H44N6O2/c1-37-13-31-55-51(33-37)59-57(65-55)45-27-19-41(20-28-45)49-35-53(63(61-49)47-9-5-3-6-10-47)43-23-15-39(16-24-43)40-17-25-44(26-18-40)54-36-50(62-64(54)48-11-7-4-8-12-48)42-21-29-46(30-22-42)58-60-52-34-38(2)14-32-56(52)66-58/h3-34,53-54H,35-36H2,1-2H3. The number of aryl methyl sites for hydroxylation is 2. The molecule has 0 fully saturated rings. The van der Waals surface area contributed by atoms with Crippen molar-refractivity contribution in [3.8, 4) is 34.0 Å². The number of nitrogens with zero attached hydrogens (tertiary/aromatic N) is 6. The average molecular weight is 857 g/mol. The zero-order chi connectivity index (χ0) is 44.1. The van der Waals surface area contributed by atoms with Crippen molar-refractivity contribution < 1.29 is 8.83 Å². The molecule has 0 radical (unpaired) electrons. The summed E-state index contributed by atoms with van der Waals surface area (Å²) >= 11 is 0. The van der Waals surface area contributed by atoms with Crippen LogP contribution in [-0.4, -0.2) is 21.4 Å². The van der Waals surface area contributed by atoms with E-state index in [1.807, 2.05) is 36.4 Å². The van der Waals surface area contributed by atoms with Crippen LogP contribution in [0.1, 0.15) is 58.3 Å². The molecular weight excluding hydrogens is 813 g/mol. The molecule has 0 bridgehead atoms. The number of rotatable bonds is 9. The van der Waals surface area contributed by atoms with Crippen molar-refractivity contribution in [1.29, 1.82) is 0 Å². The van der Waals surface area contributed by atoms with Gasteiger partial charge in [-0.2, -0.15) is 10.2 Å². The molecule has 2 aromatic heterocycles. The fourth-order valence-corrected chi connectivity index (χ4v) is 9.25. The fourth-order valence-electron chi connectivity index (χ4n) is 9.25. The van der Waals surface area contributed by atoms with E-state index in [-0.39, 0.29) is 12.1 Å². The number of oxazole rings is 2. The number of hydrogen-bond acceptors (Lipinski definition) is 8. The first kappa shape index (κ1) is 39.2. The summed E-state index contributed by atoms with van der Waals surface area (Å²) in [7, 11) is 0. The molecule has 8 aromatic carbocycles. The minimum atomic E-state index is 0.0433. The van der Waals surface area contributed by atoms with Crippen LogP contribution < -0.4 is 10.0 Å². The van der Waals surface area contributed by atoms with Crippen LogP contribution in [0.2, 0.25) is 0 Å². The summed E-state index contributed by atoms with van der Waals surface area (Å²) in [5.41, 5.74) is 18.6. The molecular formula is C58H44N6O2. The third-order valence-corrected chi connectivity index (χ3v) is 12.8. The summed E-state index contributed by atoms with van der Waals surface area (Å²) in [6.45, 7) is 4.13. The predicted molar refractivity (Wildman–Crippen MR) is 266 cm³/mol. The Hall–Kier alpha value is -8.36. The molecule has 318 valence electrons. The highest BCUT2D eigenvalue weighted by atomic mass is 16.4. The molecule has 8 heteroatoms. The average Bonchev–Trinajstić information content (AvgIpc) is 4.20. The number of para-hydroxylation sites is 2. The molecule has 4 heterocycles. The van der Waals surface area contributed by atoms with Crippen LogP contribution in [0, 0.1) is 13.8 Å². The zero-order valence-electron chi connectivity index (χ0n) is 36.5. The zero-order valence-corrected chi connectivity index (χ0v) is 36.5. The van der Waals surface area contributed by atoms with Crippen LogP contribution in [0.25, 0.3) is 56.2 Å². The van der Waals surface area contributed by atoms with E-state index in [1.165, 1.54) is 11.1 Å². The Labute approximate surface area is 382 Å². The van der Waals surface area contributed by atoms with Crippen LogP contribution in [0.4, 0.5) is 11.4 Å². The lowest BCUT2D eigenvalue weighted by atomic mass is 9.94. The number of fused-ring (bicyclic) bond motifs is 2. The molecule has 2 atom stereocenters. The summed E-state index contributed by atoms with van der Waals surface area (Å²) < 4.78 is 12.2. The first-order valence-corrected chi connectivity index (χ1v) is 22.5. The molecule has 12 rings (SSSR count). The quantitative estimate of drug-likeness (QED) is 0.144. The van der Waals surface area contributed by atoms with Gasteiger partial charge in [-0.05, 0) is 131 Å². The second-order valence-electron chi connectivity index (χ2n) is 17.3. The normalized spacial score (nSPS) is 16.0. The van der Waals surface area contributed by atoms with E-state index in [1.54, 1.807) is 0 Å². The Kier molecular flexibility index (Phi) is 9.71. The highest BCUT2D eigenvalue weighted by molar-refractivity contribution is 6.04. The van der Waals surface area contributed by atoms with Gasteiger partial charge in [0.25, 0.3) is 0 Å². The van der Waals surface area contributed by atoms with Gasteiger partial charge >= 0.3 is 0 Å². The van der Waals surface area contributed by atoms with Gasteiger partial charge in [0, 0.05) is 24.0 Å². The van der Waals surface area contributed by atoms with E-state index >= 15 is 0 Å². The van der Waals surface area contributed by atoms with Crippen LogP contribution >= 0.6 is 0 Å². The Morgan fingerprint density at radius 1 is 0.394 bits per heavy atom. The smallest absolute Gasteiger partial charge is 0.227 e. The van der Waals surface area contributed by atoms with Gasteiger partial charge in [-0.3, -0.25) is 10.0 Å². The number of aromatic nitrogens is 2. The molecule has 0 aliphatic carbocycles. The third-order valence-electron chi connectivity index (χ3n) is 12.8. The number of hydrogen-bond donors (Lipinski definition) is 0. The lowest BCUT2D eigenvalue weighted by Gasteiger charge is -2.24. The molecule has 2 unspecified atom stereocenters. The van der Waals surface area contributed by atoms with Gasteiger partial charge in [0.05, 0.1) is 34.9 Å². The summed E-state index contributed by atoms with van der Waals surface area (Å²) in [5, 5.41) is 14.8. The lowest BCUT2D eigenvalue weighted by molar-refractivity contribution is 0.619. The van der Waals surface area contributed by atoms with Gasteiger partial charge < -0.3 is 8.83 Å². The first-order chi connectivity index (χ1) is 32.5. The van der Waals surface area contributed by atoms with E-state index < -0.39 is 0 Å². The molecule has 0 amide bonds. The van der Waals surface area contributed by atoms with Gasteiger partial charge in [0.2, 0.25) is 11.8 Å². The summed E-state index contributed by atoms with van der Waals surface area (Å²) in [6.07, 6.45) is 1.55.